The van der Waals surface area contributed by atoms with Gasteiger partial charge in [-0.1, -0.05) is 76.8 Å². The van der Waals surface area contributed by atoms with E-state index >= 15 is 0 Å². The molecule has 2 heteroatoms. The van der Waals surface area contributed by atoms with Crippen LogP contribution in [0, 0.1) is 5.82 Å². The van der Waals surface area contributed by atoms with Gasteiger partial charge < -0.3 is 5.11 Å². The fourth-order valence-electron chi connectivity index (χ4n) is 2.69. The lowest BCUT2D eigenvalue weighted by atomic mass is 10.0. The zero-order chi connectivity index (χ0) is 15.3. The third-order valence-electron chi connectivity index (χ3n) is 4.03. The molecule has 1 rings (SSSR count). The molecule has 0 aliphatic heterocycles. The zero-order valence-corrected chi connectivity index (χ0v) is 13.5. The summed E-state index contributed by atoms with van der Waals surface area (Å²) in [5.41, 5.74) is 1.01. The molecule has 0 bridgehead atoms. The van der Waals surface area contributed by atoms with Crippen molar-refractivity contribution in [1.82, 2.24) is 0 Å². The minimum atomic E-state index is -0.292. The summed E-state index contributed by atoms with van der Waals surface area (Å²) >= 11 is 0. The molecule has 0 radical (unpaired) electrons. The quantitative estimate of drug-likeness (QED) is 0.494. The Balaban J connectivity index is 1.96. The van der Waals surface area contributed by atoms with Gasteiger partial charge in [-0.3, -0.25) is 0 Å². The van der Waals surface area contributed by atoms with Crippen LogP contribution in [-0.2, 0) is 6.42 Å². The first-order chi connectivity index (χ1) is 10.2. The molecule has 0 heterocycles. The number of aliphatic hydroxyl groups excluding tert-OH is 1. The Morgan fingerprint density at radius 2 is 1.38 bits per heavy atom. The van der Waals surface area contributed by atoms with Gasteiger partial charge in [0.25, 0.3) is 0 Å². The molecule has 1 aromatic rings. The van der Waals surface area contributed by atoms with E-state index in [1.54, 1.807) is 12.1 Å². The summed E-state index contributed by atoms with van der Waals surface area (Å²) in [5.74, 6) is -0.216. The fraction of sp³-hybridized carbons (Fsp3) is 0.684. The summed E-state index contributed by atoms with van der Waals surface area (Å²) in [4.78, 5) is 0. The predicted molar refractivity (Wildman–Crippen MR) is 88.0 cm³/mol. The van der Waals surface area contributed by atoms with Crippen LogP contribution >= 0.6 is 0 Å². The first kappa shape index (κ1) is 18.2. The maximum atomic E-state index is 12.8. The minimum Gasteiger partial charge on any atom is -0.393 e. The summed E-state index contributed by atoms with van der Waals surface area (Å²) in [7, 11) is 0. The molecule has 1 N–H and O–H groups in total. The van der Waals surface area contributed by atoms with Crippen molar-refractivity contribution in [3.63, 3.8) is 0 Å². The second-order valence-corrected chi connectivity index (χ2v) is 6.10. The van der Waals surface area contributed by atoms with Gasteiger partial charge in [0.15, 0.2) is 0 Å². The Morgan fingerprint density at radius 3 is 1.95 bits per heavy atom. The molecule has 1 aromatic carbocycles. The van der Waals surface area contributed by atoms with Crippen molar-refractivity contribution in [2.45, 2.75) is 83.7 Å². The van der Waals surface area contributed by atoms with E-state index in [1.165, 1.54) is 63.5 Å². The number of rotatable bonds is 12. The average molecular weight is 294 g/mol. The molecule has 1 atom stereocenters. The summed E-state index contributed by atoms with van der Waals surface area (Å²) in [6.45, 7) is 2.25. The van der Waals surface area contributed by atoms with Gasteiger partial charge in [-0.2, -0.15) is 0 Å². The van der Waals surface area contributed by atoms with Gasteiger partial charge in [0.1, 0.15) is 5.82 Å². The third kappa shape index (κ3) is 9.62. The van der Waals surface area contributed by atoms with Crippen molar-refractivity contribution < 1.29 is 9.50 Å². The van der Waals surface area contributed by atoms with Gasteiger partial charge in [0, 0.05) is 0 Å². The molecule has 0 aromatic heterocycles. The number of aliphatic hydroxyl groups is 1. The smallest absolute Gasteiger partial charge is 0.123 e. The van der Waals surface area contributed by atoms with E-state index in [0.29, 0.717) is 6.42 Å². The molecule has 0 saturated heterocycles. The standard InChI is InChI=1S/C19H31FO/c1-2-3-4-5-6-7-8-9-10-11-19(21)16-17-12-14-18(20)15-13-17/h12-15,19,21H,2-11,16H2,1H3. The van der Waals surface area contributed by atoms with Gasteiger partial charge in [0.05, 0.1) is 6.10 Å². The van der Waals surface area contributed by atoms with E-state index in [0.717, 1.165) is 18.4 Å². The van der Waals surface area contributed by atoms with Crippen LogP contribution in [0.15, 0.2) is 24.3 Å². The third-order valence-corrected chi connectivity index (χ3v) is 4.03. The molecule has 120 valence electrons. The fourth-order valence-corrected chi connectivity index (χ4v) is 2.69. The van der Waals surface area contributed by atoms with Crippen LogP contribution in [0.3, 0.4) is 0 Å². The lowest BCUT2D eigenvalue weighted by Crippen LogP contribution is -2.10. The second kappa shape index (κ2) is 11.7. The van der Waals surface area contributed by atoms with Crippen molar-refractivity contribution in [2.75, 3.05) is 0 Å². The highest BCUT2D eigenvalue weighted by molar-refractivity contribution is 5.16. The number of unbranched alkanes of at least 4 members (excludes halogenated alkanes) is 8. The normalized spacial score (nSPS) is 12.5. The molecule has 0 aliphatic rings. The van der Waals surface area contributed by atoms with E-state index in [-0.39, 0.29) is 11.9 Å². The Labute approximate surface area is 129 Å². The molecule has 0 amide bonds. The molecule has 0 fully saturated rings. The number of halogens is 1. The zero-order valence-electron chi connectivity index (χ0n) is 13.5. The van der Waals surface area contributed by atoms with Crippen LogP contribution in [0.4, 0.5) is 4.39 Å². The average Bonchev–Trinajstić information content (AvgIpc) is 2.48. The van der Waals surface area contributed by atoms with E-state index < -0.39 is 0 Å². The van der Waals surface area contributed by atoms with Gasteiger partial charge in [-0.25, -0.2) is 4.39 Å². The lowest BCUT2D eigenvalue weighted by molar-refractivity contribution is 0.161. The molecule has 0 spiro atoms. The molecular formula is C19H31FO. The van der Waals surface area contributed by atoms with E-state index in [2.05, 4.69) is 6.92 Å². The van der Waals surface area contributed by atoms with Crippen LogP contribution in [-0.4, -0.2) is 11.2 Å². The van der Waals surface area contributed by atoms with Crippen LogP contribution in [0.5, 0.6) is 0 Å². The Hall–Kier alpha value is -0.890. The maximum Gasteiger partial charge on any atom is 0.123 e. The SMILES string of the molecule is CCCCCCCCCCCC(O)Cc1ccc(F)cc1. The van der Waals surface area contributed by atoms with Gasteiger partial charge in [-0.05, 0) is 30.5 Å². The molecular weight excluding hydrogens is 263 g/mol. The van der Waals surface area contributed by atoms with Crippen molar-refractivity contribution in [2.24, 2.45) is 0 Å². The van der Waals surface area contributed by atoms with Gasteiger partial charge >= 0.3 is 0 Å². The number of hydrogen-bond donors (Lipinski definition) is 1. The largest absolute Gasteiger partial charge is 0.393 e. The van der Waals surface area contributed by atoms with E-state index in [4.69, 9.17) is 0 Å². The summed E-state index contributed by atoms with van der Waals surface area (Å²) in [5, 5.41) is 9.98. The van der Waals surface area contributed by atoms with Crippen LogP contribution in [0.2, 0.25) is 0 Å². The first-order valence-corrected chi connectivity index (χ1v) is 8.65. The Kier molecular flexibility index (Phi) is 10.1. The van der Waals surface area contributed by atoms with Crippen LogP contribution in [0.1, 0.15) is 76.7 Å². The monoisotopic (exact) mass is 294 g/mol. The summed E-state index contributed by atoms with van der Waals surface area (Å²) in [6, 6.07) is 6.44. The van der Waals surface area contributed by atoms with Crippen molar-refractivity contribution >= 4 is 0 Å². The Bertz CT molecular complexity index is 347. The highest BCUT2D eigenvalue weighted by Crippen LogP contribution is 2.13. The number of benzene rings is 1. The van der Waals surface area contributed by atoms with Gasteiger partial charge in [-0.15, -0.1) is 0 Å². The predicted octanol–water partition coefficient (Wildman–Crippen LogP) is 5.65. The summed E-state index contributed by atoms with van der Waals surface area (Å²) in [6.07, 6.45) is 12.9. The van der Waals surface area contributed by atoms with Crippen molar-refractivity contribution in [3.05, 3.63) is 35.6 Å². The van der Waals surface area contributed by atoms with Crippen LogP contribution in [0.25, 0.3) is 0 Å². The first-order valence-electron chi connectivity index (χ1n) is 8.65. The summed E-state index contributed by atoms with van der Waals surface area (Å²) < 4.78 is 12.8. The minimum absolute atomic E-state index is 0.216. The second-order valence-electron chi connectivity index (χ2n) is 6.10. The molecule has 1 unspecified atom stereocenters. The number of hydrogen-bond acceptors (Lipinski definition) is 1. The van der Waals surface area contributed by atoms with Crippen molar-refractivity contribution in [3.8, 4) is 0 Å². The van der Waals surface area contributed by atoms with Gasteiger partial charge in [0.2, 0.25) is 0 Å². The Morgan fingerprint density at radius 1 is 0.857 bits per heavy atom. The maximum absolute atomic E-state index is 12.8. The highest BCUT2D eigenvalue weighted by atomic mass is 19.1. The molecule has 0 saturated carbocycles. The lowest BCUT2D eigenvalue weighted by Gasteiger charge is -2.10. The topological polar surface area (TPSA) is 20.2 Å². The molecule has 0 aliphatic carbocycles. The van der Waals surface area contributed by atoms with Crippen LogP contribution < -0.4 is 0 Å². The van der Waals surface area contributed by atoms with E-state index in [9.17, 15) is 9.50 Å². The molecule has 1 nitrogen and oxygen atoms in total. The van der Waals surface area contributed by atoms with E-state index in [1.807, 2.05) is 0 Å². The van der Waals surface area contributed by atoms with Crippen molar-refractivity contribution in [1.29, 1.82) is 0 Å². The highest BCUT2D eigenvalue weighted by Gasteiger charge is 2.05. The molecule has 21 heavy (non-hydrogen) atoms.